The highest BCUT2D eigenvalue weighted by Gasteiger charge is 2.02. The van der Waals surface area contributed by atoms with Crippen molar-refractivity contribution in [3.63, 3.8) is 0 Å². The van der Waals surface area contributed by atoms with Crippen molar-refractivity contribution in [1.29, 1.82) is 0 Å². The van der Waals surface area contributed by atoms with Crippen molar-refractivity contribution in [2.45, 2.75) is 19.8 Å². The van der Waals surface area contributed by atoms with Gasteiger partial charge in [0.1, 0.15) is 5.75 Å². The summed E-state index contributed by atoms with van der Waals surface area (Å²) in [4.78, 5) is 4.14. The zero-order valence-electron chi connectivity index (χ0n) is 9.43. The van der Waals surface area contributed by atoms with Gasteiger partial charge in [0, 0.05) is 16.7 Å². The molecule has 0 N–H and O–H groups in total. The van der Waals surface area contributed by atoms with Gasteiger partial charge in [-0.25, -0.2) is 0 Å². The molecule has 0 atom stereocenters. The predicted molar refractivity (Wildman–Crippen MR) is 68.0 cm³/mol. The van der Waals surface area contributed by atoms with E-state index in [-0.39, 0.29) is 0 Å². The maximum atomic E-state index is 5.58. The molecule has 88 valence electrons. The van der Waals surface area contributed by atoms with E-state index < -0.39 is 0 Å². The predicted octanol–water partition coefficient (Wildman–Crippen LogP) is 3.38. The second-order valence-corrected chi connectivity index (χ2v) is 4.51. The molecule has 0 aliphatic carbocycles. The first-order chi connectivity index (χ1) is 8.28. The summed E-state index contributed by atoms with van der Waals surface area (Å²) >= 11 is 3.32. The number of ether oxygens (including phenoxy) is 1. The van der Waals surface area contributed by atoms with E-state index in [0.717, 1.165) is 22.9 Å². The SMILES string of the molecule is CCCc1cncc(Oc2cc(Br)cnn2)c1. The van der Waals surface area contributed by atoms with Crippen molar-refractivity contribution in [3.8, 4) is 11.6 Å². The smallest absolute Gasteiger partial charge is 0.240 e. The number of hydrogen-bond acceptors (Lipinski definition) is 4. The summed E-state index contributed by atoms with van der Waals surface area (Å²) in [6.07, 6.45) is 7.21. The first kappa shape index (κ1) is 12.0. The number of rotatable bonds is 4. The molecule has 2 aromatic rings. The van der Waals surface area contributed by atoms with Gasteiger partial charge in [-0.2, -0.15) is 5.10 Å². The molecule has 0 aliphatic heterocycles. The Morgan fingerprint density at radius 2 is 2.12 bits per heavy atom. The second-order valence-electron chi connectivity index (χ2n) is 3.59. The summed E-state index contributed by atoms with van der Waals surface area (Å²) in [5.74, 6) is 1.14. The van der Waals surface area contributed by atoms with E-state index in [1.807, 2.05) is 12.3 Å². The third-order valence-electron chi connectivity index (χ3n) is 2.13. The molecular formula is C12H12BrN3O. The molecule has 0 unspecified atom stereocenters. The molecule has 0 radical (unpaired) electrons. The fraction of sp³-hybridized carbons (Fsp3) is 0.250. The number of pyridine rings is 1. The van der Waals surface area contributed by atoms with Crippen molar-refractivity contribution in [2.75, 3.05) is 0 Å². The van der Waals surface area contributed by atoms with E-state index >= 15 is 0 Å². The Morgan fingerprint density at radius 3 is 2.88 bits per heavy atom. The van der Waals surface area contributed by atoms with Crippen LogP contribution in [0.3, 0.4) is 0 Å². The molecule has 2 heterocycles. The largest absolute Gasteiger partial charge is 0.436 e. The molecule has 2 aromatic heterocycles. The summed E-state index contributed by atoms with van der Waals surface area (Å²) in [6, 6.07) is 3.73. The monoisotopic (exact) mass is 293 g/mol. The van der Waals surface area contributed by atoms with E-state index in [1.54, 1.807) is 18.5 Å². The topological polar surface area (TPSA) is 47.9 Å². The number of halogens is 1. The second kappa shape index (κ2) is 5.72. The molecule has 0 spiro atoms. The molecule has 0 aromatic carbocycles. The highest BCUT2D eigenvalue weighted by atomic mass is 79.9. The van der Waals surface area contributed by atoms with Gasteiger partial charge >= 0.3 is 0 Å². The lowest BCUT2D eigenvalue weighted by molar-refractivity contribution is 0.452. The normalized spacial score (nSPS) is 10.2. The molecule has 5 heteroatoms. The van der Waals surface area contributed by atoms with E-state index in [0.29, 0.717) is 11.6 Å². The first-order valence-corrected chi connectivity index (χ1v) is 6.17. The molecule has 0 saturated heterocycles. The molecule has 4 nitrogen and oxygen atoms in total. The molecule has 2 rings (SSSR count). The minimum atomic E-state index is 0.454. The van der Waals surface area contributed by atoms with Crippen LogP contribution in [0.1, 0.15) is 18.9 Å². The lowest BCUT2D eigenvalue weighted by atomic mass is 10.2. The minimum absolute atomic E-state index is 0.454. The maximum absolute atomic E-state index is 5.58. The van der Waals surface area contributed by atoms with Gasteiger partial charge < -0.3 is 4.74 Å². The van der Waals surface area contributed by atoms with Crippen molar-refractivity contribution in [1.82, 2.24) is 15.2 Å². The Hall–Kier alpha value is -1.49. The van der Waals surface area contributed by atoms with E-state index in [4.69, 9.17) is 4.74 Å². The van der Waals surface area contributed by atoms with Gasteiger partial charge in [-0.3, -0.25) is 4.98 Å². The van der Waals surface area contributed by atoms with Gasteiger partial charge in [0.15, 0.2) is 0 Å². The van der Waals surface area contributed by atoms with E-state index in [2.05, 4.69) is 38.0 Å². The summed E-state index contributed by atoms with van der Waals surface area (Å²) < 4.78 is 6.41. The highest BCUT2D eigenvalue weighted by molar-refractivity contribution is 9.10. The van der Waals surface area contributed by atoms with Crippen LogP contribution in [0.4, 0.5) is 0 Å². The number of aryl methyl sites for hydroxylation is 1. The van der Waals surface area contributed by atoms with Gasteiger partial charge in [-0.15, -0.1) is 5.10 Å². The third kappa shape index (κ3) is 3.49. The van der Waals surface area contributed by atoms with Crippen LogP contribution in [-0.4, -0.2) is 15.2 Å². The van der Waals surface area contributed by atoms with E-state index in [9.17, 15) is 0 Å². The Bertz CT molecular complexity index is 505. The molecule has 0 bridgehead atoms. The van der Waals surface area contributed by atoms with Crippen LogP contribution >= 0.6 is 15.9 Å². The first-order valence-electron chi connectivity index (χ1n) is 5.38. The standard InChI is InChI=1S/C12H12BrN3O/c1-2-3-9-4-11(8-14-6-9)17-12-5-10(13)7-15-16-12/h4-8H,2-3H2,1H3. The average molecular weight is 294 g/mol. The Kier molecular flexibility index (Phi) is 4.03. The van der Waals surface area contributed by atoms with Gasteiger partial charge in [-0.1, -0.05) is 13.3 Å². The molecule has 0 fully saturated rings. The van der Waals surface area contributed by atoms with Crippen molar-refractivity contribution in [2.24, 2.45) is 0 Å². The van der Waals surface area contributed by atoms with E-state index in [1.165, 1.54) is 0 Å². The third-order valence-corrected chi connectivity index (χ3v) is 2.56. The minimum Gasteiger partial charge on any atom is -0.436 e. The quantitative estimate of drug-likeness (QED) is 0.867. The Labute approximate surface area is 108 Å². The molecule has 0 saturated carbocycles. The fourth-order valence-electron chi connectivity index (χ4n) is 1.44. The van der Waals surface area contributed by atoms with Crippen LogP contribution in [0.2, 0.25) is 0 Å². The van der Waals surface area contributed by atoms with Crippen LogP contribution in [0.15, 0.2) is 35.2 Å². The summed E-state index contributed by atoms with van der Waals surface area (Å²) in [7, 11) is 0. The zero-order chi connectivity index (χ0) is 12.1. The number of hydrogen-bond donors (Lipinski definition) is 0. The van der Waals surface area contributed by atoms with Gasteiger partial charge in [0.2, 0.25) is 5.88 Å². The van der Waals surface area contributed by atoms with Gasteiger partial charge in [0.25, 0.3) is 0 Å². The fourth-order valence-corrected chi connectivity index (χ4v) is 1.73. The lowest BCUT2D eigenvalue weighted by Crippen LogP contribution is -1.92. The van der Waals surface area contributed by atoms with Crippen LogP contribution in [0.25, 0.3) is 0 Å². The van der Waals surface area contributed by atoms with Crippen LogP contribution < -0.4 is 4.74 Å². The molecule has 0 aliphatic rings. The summed E-state index contributed by atoms with van der Waals surface area (Å²) in [6.45, 7) is 2.13. The molecule has 17 heavy (non-hydrogen) atoms. The number of aromatic nitrogens is 3. The molecular weight excluding hydrogens is 282 g/mol. The van der Waals surface area contributed by atoms with Crippen molar-refractivity contribution < 1.29 is 4.74 Å². The lowest BCUT2D eigenvalue weighted by Gasteiger charge is -2.05. The zero-order valence-corrected chi connectivity index (χ0v) is 11.0. The average Bonchev–Trinajstić information content (AvgIpc) is 2.30. The maximum Gasteiger partial charge on any atom is 0.240 e. The Balaban J connectivity index is 2.15. The molecule has 0 amide bonds. The summed E-state index contributed by atoms with van der Waals surface area (Å²) in [5, 5.41) is 7.68. The highest BCUT2D eigenvalue weighted by Crippen LogP contribution is 2.21. The number of nitrogens with zero attached hydrogens (tertiary/aromatic N) is 3. The van der Waals surface area contributed by atoms with Crippen molar-refractivity contribution >= 4 is 15.9 Å². The van der Waals surface area contributed by atoms with Crippen LogP contribution in [-0.2, 0) is 6.42 Å². The Morgan fingerprint density at radius 1 is 1.24 bits per heavy atom. The van der Waals surface area contributed by atoms with Crippen LogP contribution in [0.5, 0.6) is 11.6 Å². The van der Waals surface area contributed by atoms with Crippen LogP contribution in [0, 0.1) is 0 Å². The van der Waals surface area contributed by atoms with Gasteiger partial charge in [0.05, 0.1) is 12.4 Å². The van der Waals surface area contributed by atoms with Crippen molar-refractivity contribution in [3.05, 3.63) is 40.8 Å². The summed E-state index contributed by atoms with van der Waals surface area (Å²) in [5.41, 5.74) is 1.16. The van der Waals surface area contributed by atoms with Gasteiger partial charge in [-0.05, 0) is 34.0 Å².